The van der Waals surface area contributed by atoms with Gasteiger partial charge < -0.3 is 40.3 Å². The molecule has 7 unspecified atom stereocenters. The molecule has 0 spiro atoms. The number of unbranched alkanes of at least 4 members (excludes halogenated alkanes) is 7. The van der Waals surface area contributed by atoms with Gasteiger partial charge in [-0.15, -0.1) is 0 Å². The fourth-order valence-corrected chi connectivity index (χ4v) is 3.66. The topological polar surface area (TPSA) is 149 Å². The van der Waals surface area contributed by atoms with Crippen LogP contribution in [0.3, 0.4) is 0 Å². The molecule has 6 N–H and O–H groups in total. The molecule has 1 amide bonds. The highest BCUT2D eigenvalue weighted by molar-refractivity contribution is 5.76. The van der Waals surface area contributed by atoms with Crippen molar-refractivity contribution in [3.8, 4) is 0 Å². The highest BCUT2D eigenvalue weighted by atomic mass is 16.7. The lowest BCUT2D eigenvalue weighted by atomic mass is 9.99. The average molecular weight is 476 g/mol. The summed E-state index contributed by atoms with van der Waals surface area (Å²) in [4.78, 5) is 12.2. The molecule has 9 heteroatoms. The van der Waals surface area contributed by atoms with Gasteiger partial charge in [-0.2, -0.15) is 0 Å². The summed E-state index contributed by atoms with van der Waals surface area (Å²) in [5.41, 5.74) is 0. The Labute approximate surface area is 197 Å². The van der Waals surface area contributed by atoms with Gasteiger partial charge in [-0.3, -0.25) is 4.79 Å². The van der Waals surface area contributed by atoms with Gasteiger partial charge in [0.2, 0.25) is 5.91 Å². The molecule has 9 nitrogen and oxygen atoms in total. The molecule has 33 heavy (non-hydrogen) atoms. The maximum Gasteiger partial charge on any atom is 0.220 e. The van der Waals surface area contributed by atoms with E-state index >= 15 is 0 Å². The minimum Gasteiger partial charge on any atom is -0.394 e. The lowest BCUT2D eigenvalue weighted by Gasteiger charge is -2.40. The zero-order valence-electron chi connectivity index (χ0n) is 20.1. The number of aliphatic hydroxyl groups is 5. The molecule has 0 aromatic rings. The zero-order valence-corrected chi connectivity index (χ0v) is 20.1. The van der Waals surface area contributed by atoms with Crippen molar-refractivity contribution in [1.82, 2.24) is 5.32 Å². The summed E-state index contributed by atoms with van der Waals surface area (Å²) < 4.78 is 10.9. The van der Waals surface area contributed by atoms with Crippen molar-refractivity contribution in [2.45, 2.75) is 121 Å². The minimum absolute atomic E-state index is 0.191. The van der Waals surface area contributed by atoms with E-state index in [4.69, 9.17) is 9.47 Å². The van der Waals surface area contributed by atoms with E-state index in [9.17, 15) is 30.3 Å². The Morgan fingerprint density at radius 1 is 1.00 bits per heavy atom. The molecule has 0 aromatic heterocycles. The second kappa shape index (κ2) is 17.4. The van der Waals surface area contributed by atoms with Crippen LogP contribution in [0, 0.1) is 0 Å². The van der Waals surface area contributed by atoms with Gasteiger partial charge in [0.05, 0.1) is 25.4 Å². The molecular weight excluding hydrogens is 430 g/mol. The molecule has 7 atom stereocenters. The standard InChI is InChI=1S/C24H45NO8/c1-3-5-7-8-9-10-11-12-13-18(27)17(25-20(28)14-6-4-2)16-32-24-23(31)22(30)21(29)19(15-26)33-24/h12-13,17-19,21-24,26-27,29-31H,3-11,14-16H2,1-2H3,(H,25,28)/b13-12+. The number of amides is 1. The lowest BCUT2D eigenvalue weighted by Crippen LogP contribution is -2.60. The summed E-state index contributed by atoms with van der Waals surface area (Å²) in [7, 11) is 0. The minimum atomic E-state index is -1.55. The van der Waals surface area contributed by atoms with E-state index in [1.807, 2.05) is 13.0 Å². The SMILES string of the molecule is CCCCCCCC/C=C/C(O)C(COC1OC(CO)C(O)C(O)C1O)NC(=O)CCCC. The Balaban J connectivity index is 2.63. The quantitative estimate of drug-likeness (QED) is 0.136. The Hall–Kier alpha value is -1.07. The van der Waals surface area contributed by atoms with E-state index in [0.717, 1.165) is 32.1 Å². The Morgan fingerprint density at radius 2 is 1.67 bits per heavy atom. The van der Waals surface area contributed by atoms with Crippen molar-refractivity contribution in [2.24, 2.45) is 0 Å². The first-order chi connectivity index (χ1) is 15.8. The molecule has 0 saturated carbocycles. The van der Waals surface area contributed by atoms with Crippen molar-refractivity contribution >= 4 is 5.91 Å². The Morgan fingerprint density at radius 3 is 2.33 bits per heavy atom. The van der Waals surface area contributed by atoms with Gasteiger partial charge in [0.25, 0.3) is 0 Å². The molecule has 1 rings (SSSR count). The van der Waals surface area contributed by atoms with Crippen LogP contribution in [-0.2, 0) is 14.3 Å². The van der Waals surface area contributed by atoms with E-state index in [-0.39, 0.29) is 12.5 Å². The number of carbonyl (C=O) groups excluding carboxylic acids is 1. The first kappa shape index (κ1) is 30.0. The third kappa shape index (κ3) is 11.3. The van der Waals surface area contributed by atoms with Gasteiger partial charge in [-0.1, -0.05) is 64.5 Å². The largest absolute Gasteiger partial charge is 0.394 e. The van der Waals surface area contributed by atoms with E-state index in [0.29, 0.717) is 6.42 Å². The molecule has 0 aromatic carbocycles. The normalized spacial score (nSPS) is 27.5. The van der Waals surface area contributed by atoms with Crippen LogP contribution in [0.4, 0.5) is 0 Å². The predicted molar refractivity (Wildman–Crippen MR) is 124 cm³/mol. The average Bonchev–Trinajstić information content (AvgIpc) is 2.81. The molecular formula is C24H45NO8. The zero-order chi connectivity index (χ0) is 24.6. The summed E-state index contributed by atoms with van der Waals surface area (Å²) in [5, 5.41) is 52.7. The summed E-state index contributed by atoms with van der Waals surface area (Å²) in [5.74, 6) is -0.220. The molecule has 1 heterocycles. The number of ether oxygens (including phenoxy) is 2. The fraction of sp³-hybridized carbons (Fsp3) is 0.875. The smallest absolute Gasteiger partial charge is 0.220 e. The number of nitrogens with one attached hydrogen (secondary N) is 1. The summed E-state index contributed by atoms with van der Waals surface area (Å²) in [6, 6.07) is -0.789. The van der Waals surface area contributed by atoms with Crippen molar-refractivity contribution < 1.29 is 39.8 Å². The number of hydrogen-bond acceptors (Lipinski definition) is 8. The van der Waals surface area contributed by atoms with E-state index in [1.165, 1.54) is 25.7 Å². The second-order valence-corrected chi connectivity index (χ2v) is 8.78. The van der Waals surface area contributed by atoms with Crippen LogP contribution in [0.2, 0.25) is 0 Å². The van der Waals surface area contributed by atoms with E-state index in [2.05, 4.69) is 12.2 Å². The fourth-order valence-electron chi connectivity index (χ4n) is 3.66. The molecule has 0 aliphatic carbocycles. The predicted octanol–water partition coefficient (Wildman–Crippen LogP) is 1.15. The van der Waals surface area contributed by atoms with Gasteiger partial charge in [-0.25, -0.2) is 0 Å². The van der Waals surface area contributed by atoms with Gasteiger partial charge in [0, 0.05) is 6.42 Å². The number of rotatable bonds is 17. The molecule has 194 valence electrons. The Kier molecular flexibility index (Phi) is 15.8. The first-order valence-electron chi connectivity index (χ1n) is 12.4. The number of aliphatic hydroxyl groups excluding tert-OH is 5. The summed E-state index contributed by atoms with van der Waals surface area (Å²) >= 11 is 0. The van der Waals surface area contributed by atoms with Crippen LogP contribution in [-0.4, -0.2) is 87.5 Å². The van der Waals surface area contributed by atoms with Crippen LogP contribution < -0.4 is 5.32 Å². The molecule has 1 aliphatic heterocycles. The lowest BCUT2D eigenvalue weighted by molar-refractivity contribution is -0.302. The van der Waals surface area contributed by atoms with Crippen LogP contribution >= 0.6 is 0 Å². The van der Waals surface area contributed by atoms with E-state index in [1.54, 1.807) is 6.08 Å². The second-order valence-electron chi connectivity index (χ2n) is 8.78. The van der Waals surface area contributed by atoms with E-state index < -0.39 is 49.5 Å². The number of allylic oxidation sites excluding steroid dienone is 1. The highest BCUT2D eigenvalue weighted by Gasteiger charge is 2.44. The number of carbonyl (C=O) groups is 1. The van der Waals surface area contributed by atoms with Crippen LogP contribution in [0.1, 0.15) is 78.1 Å². The van der Waals surface area contributed by atoms with Crippen LogP contribution in [0.5, 0.6) is 0 Å². The monoisotopic (exact) mass is 475 g/mol. The third-order valence-electron chi connectivity index (χ3n) is 5.86. The molecule has 1 saturated heterocycles. The summed E-state index contributed by atoms with van der Waals surface area (Å²) in [6.45, 7) is 3.41. The first-order valence-corrected chi connectivity index (χ1v) is 12.4. The van der Waals surface area contributed by atoms with Gasteiger partial charge >= 0.3 is 0 Å². The van der Waals surface area contributed by atoms with Crippen molar-refractivity contribution in [3.63, 3.8) is 0 Å². The Bertz CT molecular complexity index is 545. The van der Waals surface area contributed by atoms with Gasteiger partial charge in [-0.05, 0) is 19.3 Å². The van der Waals surface area contributed by atoms with Crippen molar-refractivity contribution in [2.75, 3.05) is 13.2 Å². The summed E-state index contributed by atoms with van der Waals surface area (Å²) in [6.07, 6.45) is 5.32. The van der Waals surface area contributed by atoms with Crippen molar-refractivity contribution in [3.05, 3.63) is 12.2 Å². The van der Waals surface area contributed by atoms with Crippen molar-refractivity contribution in [1.29, 1.82) is 0 Å². The number of hydrogen-bond donors (Lipinski definition) is 6. The van der Waals surface area contributed by atoms with Gasteiger partial charge in [0.1, 0.15) is 24.4 Å². The van der Waals surface area contributed by atoms with Crippen LogP contribution in [0.25, 0.3) is 0 Å². The third-order valence-corrected chi connectivity index (χ3v) is 5.86. The highest BCUT2D eigenvalue weighted by Crippen LogP contribution is 2.22. The molecule has 1 fully saturated rings. The molecule has 0 radical (unpaired) electrons. The van der Waals surface area contributed by atoms with Gasteiger partial charge in [0.15, 0.2) is 6.29 Å². The molecule has 1 aliphatic rings. The molecule has 0 bridgehead atoms. The van der Waals surface area contributed by atoms with Crippen LogP contribution in [0.15, 0.2) is 12.2 Å². The maximum atomic E-state index is 12.2. The maximum absolute atomic E-state index is 12.2.